The lowest BCUT2D eigenvalue weighted by Crippen LogP contribution is -2.43. The van der Waals surface area contributed by atoms with E-state index in [1.807, 2.05) is 0 Å². The fourth-order valence-electron chi connectivity index (χ4n) is 5.04. The van der Waals surface area contributed by atoms with Gasteiger partial charge in [0.15, 0.2) is 0 Å². The number of H-pyrrole nitrogens is 1. The Balaban J connectivity index is 1.44. The molecule has 11 heteroatoms. The molecule has 0 atom stereocenters. The quantitative estimate of drug-likeness (QED) is 0.403. The Morgan fingerprint density at radius 3 is 2.37 bits per heavy atom. The SMILES string of the molecule is CC(=O)NC1CCC(NC(=O)c2c(C)[nH]c3c(-c4cc(C(F)(F)F)ccc4OCC4CC4)ncnc23)CC1. The van der Waals surface area contributed by atoms with Crippen LogP contribution in [0, 0.1) is 12.8 Å². The van der Waals surface area contributed by atoms with Crippen LogP contribution < -0.4 is 15.4 Å². The van der Waals surface area contributed by atoms with Crippen LogP contribution in [0.1, 0.15) is 67.1 Å². The highest BCUT2D eigenvalue weighted by molar-refractivity contribution is 6.09. The predicted octanol–water partition coefficient (Wildman–Crippen LogP) is 4.92. The van der Waals surface area contributed by atoms with Crippen molar-refractivity contribution in [3.8, 4) is 17.0 Å². The van der Waals surface area contributed by atoms with Crippen molar-refractivity contribution in [3.05, 3.63) is 41.3 Å². The molecule has 202 valence electrons. The van der Waals surface area contributed by atoms with E-state index in [9.17, 15) is 22.8 Å². The maximum Gasteiger partial charge on any atom is 0.416 e. The van der Waals surface area contributed by atoms with Gasteiger partial charge in [0.2, 0.25) is 5.91 Å². The largest absolute Gasteiger partial charge is 0.493 e. The van der Waals surface area contributed by atoms with Gasteiger partial charge in [-0.05, 0) is 69.6 Å². The number of rotatable bonds is 7. The molecule has 2 aliphatic carbocycles. The minimum atomic E-state index is -4.54. The van der Waals surface area contributed by atoms with Crippen LogP contribution >= 0.6 is 0 Å². The minimum absolute atomic E-state index is 0.0518. The van der Waals surface area contributed by atoms with Gasteiger partial charge >= 0.3 is 6.18 Å². The Hall–Kier alpha value is -3.63. The lowest BCUT2D eigenvalue weighted by molar-refractivity contribution is -0.137. The number of hydrogen-bond donors (Lipinski definition) is 3. The first-order valence-electron chi connectivity index (χ1n) is 12.9. The third kappa shape index (κ3) is 5.61. The second-order valence-electron chi connectivity index (χ2n) is 10.3. The fraction of sp³-hybridized carbons (Fsp3) is 0.481. The van der Waals surface area contributed by atoms with Crippen LogP contribution in [0.3, 0.4) is 0 Å². The first-order valence-corrected chi connectivity index (χ1v) is 12.9. The number of aromatic amines is 1. The van der Waals surface area contributed by atoms with Gasteiger partial charge in [-0.2, -0.15) is 13.2 Å². The number of nitrogens with zero attached hydrogens (tertiary/aromatic N) is 2. The number of ether oxygens (including phenoxy) is 1. The van der Waals surface area contributed by atoms with Crippen LogP contribution in [0.2, 0.25) is 0 Å². The summed E-state index contributed by atoms with van der Waals surface area (Å²) in [5.41, 5.74) is 1.21. The molecule has 0 spiro atoms. The van der Waals surface area contributed by atoms with Crippen LogP contribution in [0.5, 0.6) is 5.75 Å². The Kier molecular flexibility index (Phi) is 7.02. The monoisotopic (exact) mass is 529 g/mol. The number of halogens is 3. The normalized spacial score (nSPS) is 19.8. The number of nitrogens with one attached hydrogen (secondary N) is 3. The molecule has 2 amide bonds. The molecule has 0 radical (unpaired) electrons. The Bertz CT molecular complexity index is 1360. The topological polar surface area (TPSA) is 109 Å². The highest BCUT2D eigenvalue weighted by atomic mass is 19.4. The molecule has 5 rings (SSSR count). The number of carbonyl (C=O) groups is 2. The Morgan fingerprint density at radius 2 is 1.74 bits per heavy atom. The zero-order chi connectivity index (χ0) is 27.0. The molecular weight excluding hydrogens is 499 g/mol. The summed E-state index contributed by atoms with van der Waals surface area (Å²) in [4.78, 5) is 36.4. The summed E-state index contributed by atoms with van der Waals surface area (Å²) in [5.74, 6) is 0.339. The van der Waals surface area contributed by atoms with Crippen LogP contribution in [0.4, 0.5) is 13.2 Å². The van der Waals surface area contributed by atoms with Gasteiger partial charge in [0.25, 0.3) is 5.91 Å². The maximum absolute atomic E-state index is 13.6. The Labute approximate surface area is 217 Å². The van der Waals surface area contributed by atoms with Gasteiger partial charge in [-0.3, -0.25) is 9.59 Å². The van der Waals surface area contributed by atoms with Crippen molar-refractivity contribution in [1.82, 2.24) is 25.6 Å². The molecule has 3 aromatic rings. The summed E-state index contributed by atoms with van der Waals surface area (Å²) in [6, 6.07) is 3.42. The molecule has 2 aliphatic rings. The van der Waals surface area contributed by atoms with Crippen LogP contribution in [0.15, 0.2) is 24.5 Å². The third-order valence-electron chi connectivity index (χ3n) is 7.20. The average Bonchev–Trinajstić information content (AvgIpc) is 3.62. The number of fused-ring (bicyclic) bond motifs is 1. The van der Waals surface area contributed by atoms with Crippen molar-refractivity contribution in [2.75, 3.05) is 6.61 Å². The molecule has 0 aliphatic heterocycles. The van der Waals surface area contributed by atoms with Gasteiger partial charge in [-0.25, -0.2) is 9.97 Å². The first-order chi connectivity index (χ1) is 18.1. The van der Waals surface area contributed by atoms with Crippen molar-refractivity contribution >= 4 is 22.8 Å². The minimum Gasteiger partial charge on any atom is -0.493 e. The van der Waals surface area contributed by atoms with Gasteiger partial charge in [0.1, 0.15) is 23.3 Å². The molecule has 0 bridgehead atoms. The summed E-state index contributed by atoms with van der Waals surface area (Å²) in [6.45, 7) is 3.64. The summed E-state index contributed by atoms with van der Waals surface area (Å²) in [7, 11) is 0. The van der Waals surface area contributed by atoms with E-state index in [0.29, 0.717) is 40.6 Å². The molecule has 1 aromatic carbocycles. The number of amides is 2. The van der Waals surface area contributed by atoms with E-state index in [1.54, 1.807) is 6.92 Å². The van der Waals surface area contributed by atoms with E-state index in [4.69, 9.17) is 4.74 Å². The summed E-state index contributed by atoms with van der Waals surface area (Å²) in [5, 5.41) is 5.98. The molecule has 8 nitrogen and oxygen atoms in total. The molecule has 0 unspecified atom stereocenters. The van der Waals surface area contributed by atoms with Gasteiger partial charge in [-0.1, -0.05) is 0 Å². The fourth-order valence-corrected chi connectivity index (χ4v) is 5.04. The standard InChI is InChI=1S/C27H30F3N5O3/c1-14-22(26(37)35-19-8-6-18(7-9-19)34-15(2)36)24-25(33-14)23(31-13-32-24)20-11-17(27(28,29)30)5-10-21(20)38-12-16-3-4-16/h5,10-11,13,16,18-19,33H,3-4,6-9,12H2,1-2H3,(H,34,36)(H,35,37). The van der Waals surface area contributed by atoms with Crippen molar-refractivity contribution in [1.29, 1.82) is 0 Å². The molecule has 0 saturated heterocycles. The van der Waals surface area contributed by atoms with E-state index in [1.165, 1.54) is 19.3 Å². The van der Waals surface area contributed by atoms with Gasteiger partial charge in [0, 0.05) is 30.3 Å². The van der Waals surface area contributed by atoms with Crippen LogP contribution in [-0.2, 0) is 11.0 Å². The molecule has 2 heterocycles. The third-order valence-corrected chi connectivity index (χ3v) is 7.20. The van der Waals surface area contributed by atoms with Crippen molar-refractivity contribution in [2.24, 2.45) is 5.92 Å². The number of aromatic nitrogens is 3. The first kappa shape index (κ1) is 26.0. The molecule has 3 N–H and O–H groups in total. The van der Waals surface area contributed by atoms with Gasteiger partial charge < -0.3 is 20.4 Å². The van der Waals surface area contributed by atoms with Crippen LogP contribution in [-0.4, -0.2) is 45.5 Å². The average molecular weight is 530 g/mol. The highest BCUT2D eigenvalue weighted by Gasteiger charge is 2.33. The number of hydrogen-bond acceptors (Lipinski definition) is 5. The zero-order valence-corrected chi connectivity index (χ0v) is 21.2. The van der Waals surface area contributed by atoms with E-state index < -0.39 is 11.7 Å². The molecule has 2 fully saturated rings. The van der Waals surface area contributed by atoms with Crippen molar-refractivity contribution < 1.29 is 27.5 Å². The van der Waals surface area contributed by atoms with Gasteiger partial charge in [0.05, 0.1) is 23.3 Å². The number of aryl methyl sites for hydroxylation is 1. The zero-order valence-electron chi connectivity index (χ0n) is 21.2. The van der Waals surface area contributed by atoms with Crippen molar-refractivity contribution in [2.45, 2.75) is 70.6 Å². The molecule has 2 saturated carbocycles. The summed E-state index contributed by atoms with van der Waals surface area (Å²) < 4.78 is 46.6. The highest BCUT2D eigenvalue weighted by Crippen LogP contribution is 2.40. The molecule has 2 aromatic heterocycles. The number of carbonyl (C=O) groups excluding carboxylic acids is 2. The molecular formula is C27H30F3N5O3. The van der Waals surface area contributed by atoms with E-state index >= 15 is 0 Å². The van der Waals surface area contributed by atoms with Gasteiger partial charge in [-0.15, -0.1) is 0 Å². The lowest BCUT2D eigenvalue weighted by atomic mass is 9.91. The summed E-state index contributed by atoms with van der Waals surface area (Å²) in [6.07, 6.45) is 1.78. The van der Waals surface area contributed by atoms with E-state index in [2.05, 4.69) is 25.6 Å². The number of alkyl halides is 3. The smallest absolute Gasteiger partial charge is 0.416 e. The van der Waals surface area contributed by atoms with E-state index in [-0.39, 0.29) is 35.2 Å². The second-order valence-corrected chi connectivity index (χ2v) is 10.3. The maximum atomic E-state index is 13.6. The lowest BCUT2D eigenvalue weighted by Gasteiger charge is -2.29. The van der Waals surface area contributed by atoms with Crippen molar-refractivity contribution in [3.63, 3.8) is 0 Å². The molecule has 38 heavy (non-hydrogen) atoms. The second kappa shape index (κ2) is 10.3. The summed E-state index contributed by atoms with van der Waals surface area (Å²) >= 11 is 0. The number of benzene rings is 1. The van der Waals surface area contributed by atoms with E-state index in [0.717, 1.165) is 50.7 Å². The van der Waals surface area contributed by atoms with Crippen LogP contribution in [0.25, 0.3) is 22.3 Å². The predicted molar refractivity (Wildman–Crippen MR) is 135 cm³/mol. The Morgan fingerprint density at radius 1 is 1.05 bits per heavy atom.